The van der Waals surface area contributed by atoms with E-state index in [1.165, 1.54) is 65.4 Å². The van der Waals surface area contributed by atoms with Crippen molar-refractivity contribution in [1.29, 1.82) is 0 Å². The molecule has 0 atom stereocenters. The molecule has 0 spiro atoms. The number of nitrogens with zero attached hydrogens (tertiary/aromatic N) is 2. The van der Waals surface area contributed by atoms with Crippen LogP contribution >= 0.6 is 0 Å². The predicted molar refractivity (Wildman–Crippen MR) is 124 cm³/mol. The van der Waals surface area contributed by atoms with E-state index in [2.05, 4.69) is 101 Å². The maximum absolute atomic E-state index is 3.76. The van der Waals surface area contributed by atoms with Crippen molar-refractivity contribution in [3.63, 3.8) is 0 Å². The highest BCUT2D eigenvalue weighted by atomic mass is 15.0. The molecule has 3 nitrogen and oxygen atoms in total. The van der Waals surface area contributed by atoms with E-state index in [1.54, 1.807) is 0 Å². The van der Waals surface area contributed by atoms with Crippen LogP contribution in [0.5, 0.6) is 0 Å². The molecule has 0 aliphatic carbocycles. The van der Waals surface area contributed by atoms with Gasteiger partial charge in [-0.1, -0.05) is 54.6 Å². The van der Waals surface area contributed by atoms with E-state index < -0.39 is 0 Å². The average Bonchev–Trinajstić information content (AvgIpc) is 3.38. The molecular weight excluding hydrogens is 354 g/mol. The number of H-pyrrole nitrogens is 1. The highest BCUT2D eigenvalue weighted by molar-refractivity contribution is 6.39. The lowest BCUT2D eigenvalue weighted by atomic mass is 10.0. The van der Waals surface area contributed by atoms with Crippen LogP contribution in [0.1, 0.15) is 0 Å². The smallest absolute Gasteiger partial charge is 0.0611 e. The Bertz CT molecular complexity index is 1740. The highest BCUT2D eigenvalue weighted by Gasteiger charge is 2.23. The molecule has 0 fully saturated rings. The first-order chi connectivity index (χ1) is 14.3. The Kier molecular flexibility index (Phi) is 2.63. The summed E-state index contributed by atoms with van der Waals surface area (Å²) >= 11 is 0. The van der Waals surface area contributed by atoms with E-state index in [0.29, 0.717) is 0 Å². The molecular formula is C26H19N3. The van der Waals surface area contributed by atoms with E-state index in [4.69, 9.17) is 0 Å². The molecule has 7 rings (SSSR count). The number of aromatic nitrogens is 3. The zero-order chi connectivity index (χ0) is 19.3. The minimum absolute atomic E-state index is 1.19. The molecule has 0 aliphatic rings. The number of rotatable bonds is 0. The third-order valence-corrected chi connectivity index (χ3v) is 6.64. The normalized spacial score (nSPS) is 12.5. The molecule has 3 aromatic heterocycles. The van der Waals surface area contributed by atoms with Crippen molar-refractivity contribution in [3.05, 3.63) is 72.8 Å². The van der Waals surface area contributed by atoms with Crippen LogP contribution in [0, 0.1) is 0 Å². The molecule has 0 radical (unpaired) electrons. The van der Waals surface area contributed by atoms with Gasteiger partial charge in [0.1, 0.15) is 0 Å². The van der Waals surface area contributed by atoms with Gasteiger partial charge in [0.25, 0.3) is 0 Å². The highest BCUT2D eigenvalue weighted by Crippen LogP contribution is 2.45. The second-order valence-corrected chi connectivity index (χ2v) is 8.02. The monoisotopic (exact) mass is 373 g/mol. The summed E-state index contributed by atoms with van der Waals surface area (Å²) in [5, 5.41) is 7.88. The molecule has 1 N–H and O–H groups in total. The summed E-state index contributed by atoms with van der Waals surface area (Å²) < 4.78 is 4.73. The van der Waals surface area contributed by atoms with Gasteiger partial charge in [-0.15, -0.1) is 0 Å². The lowest BCUT2D eigenvalue weighted by molar-refractivity contribution is 1.01. The standard InChI is InChI=1S/C26H19N3/c1-28-19-13-7-4-10-16(19)22-24-21(15-9-3-6-12-18(15)27-24)25-23(26(22)28)17-11-5-8-14-20(17)29(25)2/h3-14,27H,1-2H3. The molecule has 0 bridgehead atoms. The van der Waals surface area contributed by atoms with Gasteiger partial charge in [-0.2, -0.15) is 0 Å². The van der Waals surface area contributed by atoms with Crippen molar-refractivity contribution in [2.75, 3.05) is 0 Å². The van der Waals surface area contributed by atoms with Crippen LogP contribution < -0.4 is 0 Å². The molecule has 138 valence electrons. The number of aromatic amines is 1. The number of para-hydroxylation sites is 3. The van der Waals surface area contributed by atoms with Crippen LogP contribution in [-0.2, 0) is 14.1 Å². The van der Waals surface area contributed by atoms with E-state index in [1.807, 2.05) is 0 Å². The summed E-state index contributed by atoms with van der Waals surface area (Å²) in [6, 6.07) is 26.2. The fourth-order valence-corrected chi connectivity index (χ4v) is 5.44. The van der Waals surface area contributed by atoms with Gasteiger partial charge in [0, 0.05) is 63.0 Å². The van der Waals surface area contributed by atoms with Crippen molar-refractivity contribution in [2.24, 2.45) is 14.1 Å². The molecule has 0 aliphatic heterocycles. The zero-order valence-electron chi connectivity index (χ0n) is 16.3. The van der Waals surface area contributed by atoms with Crippen molar-refractivity contribution in [1.82, 2.24) is 14.1 Å². The molecule has 29 heavy (non-hydrogen) atoms. The quantitative estimate of drug-likeness (QED) is 0.309. The van der Waals surface area contributed by atoms with Crippen LogP contribution in [0.25, 0.3) is 65.4 Å². The maximum atomic E-state index is 3.76. The van der Waals surface area contributed by atoms with Crippen LogP contribution in [0.2, 0.25) is 0 Å². The van der Waals surface area contributed by atoms with Gasteiger partial charge in [-0.3, -0.25) is 0 Å². The van der Waals surface area contributed by atoms with E-state index in [9.17, 15) is 0 Å². The summed E-state index contributed by atoms with van der Waals surface area (Å²) in [7, 11) is 4.39. The topological polar surface area (TPSA) is 25.6 Å². The van der Waals surface area contributed by atoms with Gasteiger partial charge >= 0.3 is 0 Å². The van der Waals surface area contributed by atoms with Gasteiger partial charge < -0.3 is 14.1 Å². The second-order valence-electron chi connectivity index (χ2n) is 8.02. The summed E-state index contributed by atoms with van der Waals surface area (Å²) in [6.45, 7) is 0. The molecule has 0 unspecified atom stereocenters. The molecule has 3 heteroatoms. The number of fused-ring (bicyclic) bond motifs is 12. The number of benzene rings is 4. The van der Waals surface area contributed by atoms with Gasteiger partial charge in [0.2, 0.25) is 0 Å². The number of hydrogen-bond donors (Lipinski definition) is 1. The minimum atomic E-state index is 1.19. The maximum Gasteiger partial charge on any atom is 0.0611 e. The third kappa shape index (κ3) is 1.66. The molecule has 0 saturated heterocycles. The van der Waals surface area contributed by atoms with Crippen LogP contribution in [0.4, 0.5) is 0 Å². The fraction of sp³-hybridized carbons (Fsp3) is 0.0769. The lowest BCUT2D eigenvalue weighted by Gasteiger charge is -2.05. The molecule has 0 saturated carbocycles. The Morgan fingerprint density at radius 3 is 1.69 bits per heavy atom. The Morgan fingerprint density at radius 1 is 0.552 bits per heavy atom. The van der Waals surface area contributed by atoms with E-state index in [-0.39, 0.29) is 0 Å². The van der Waals surface area contributed by atoms with Crippen LogP contribution in [-0.4, -0.2) is 14.1 Å². The van der Waals surface area contributed by atoms with Gasteiger partial charge in [-0.05, 0) is 18.2 Å². The Labute approximate surface area is 166 Å². The summed E-state index contributed by atoms with van der Waals surface area (Å²) in [5.74, 6) is 0. The summed E-state index contributed by atoms with van der Waals surface area (Å²) in [4.78, 5) is 3.76. The number of nitrogens with one attached hydrogen (secondary N) is 1. The van der Waals surface area contributed by atoms with Crippen molar-refractivity contribution in [2.45, 2.75) is 0 Å². The van der Waals surface area contributed by atoms with E-state index in [0.717, 1.165) is 0 Å². The summed E-state index contributed by atoms with van der Waals surface area (Å²) in [6.07, 6.45) is 0. The summed E-state index contributed by atoms with van der Waals surface area (Å²) in [5.41, 5.74) is 7.56. The van der Waals surface area contributed by atoms with Crippen molar-refractivity contribution < 1.29 is 0 Å². The minimum Gasteiger partial charge on any atom is -0.354 e. The van der Waals surface area contributed by atoms with Crippen molar-refractivity contribution in [3.8, 4) is 0 Å². The molecule has 7 aromatic rings. The lowest BCUT2D eigenvalue weighted by Crippen LogP contribution is -1.90. The zero-order valence-corrected chi connectivity index (χ0v) is 16.3. The SMILES string of the molecule is Cn1c2ccccc2c2c3[nH]c4ccccc4c3c3c(c4ccccc4n3C)c21. The first-order valence-electron chi connectivity index (χ1n) is 10.0. The van der Waals surface area contributed by atoms with E-state index >= 15 is 0 Å². The second kappa shape index (κ2) is 5.00. The average molecular weight is 373 g/mol. The van der Waals surface area contributed by atoms with Crippen LogP contribution in [0.3, 0.4) is 0 Å². The first-order valence-corrected chi connectivity index (χ1v) is 10.0. The van der Waals surface area contributed by atoms with Crippen molar-refractivity contribution >= 4 is 65.4 Å². The fourth-order valence-electron chi connectivity index (χ4n) is 5.44. The number of aryl methyl sites for hydroxylation is 2. The molecule has 3 heterocycles. The number of hydrogen-bond acceptors (Lipinski definition) is 0. The third-order valence-electron chi connectivity index (χ3n) is 6.64. The van der Waals surface area contributed by atoms with Crippen LogP contribution in [0.15, 0.2) is 72.8 Å². The Hall–Kier alpha value is -3.72. The molecule has 4 aromatic carbocycles. The first kappa shape index (κ1) is 15.2. The predicted octanol–water partition coefficient (Wildman–Crippen LogP) is 6.61. The van der Waals surface area contributed by atoms with Gasteiger partial charge in [0.05, 0.1) is 16.6 Å². The Morgan fingerprint density at radius 2 is 1.03 bits per heavy atom. The Balaban J connectivity index is 2.00. The van der Waals surface area contributed by atoms with Gasteiger partial charge in [-0.25, -0.2) is 0 Å². The molecule has 0 amide bonds. The van der Waals surface area contributed by atoms with Gasteiger partial charge in [0.15, 0.2) is 0 Å². The largest absolute Gasteiger partial charge is 0.354 e.